The molecule has 1 aliphatic rings. The molecule has 1 aliphatic carbocycles. The van der Waals surface area contributed by atoms with Gasteiger partial charge >= 0.3 is 0 Å². The minimum absolute atomic E-state index is 0.0656. The number of carbonyl (C=O) groups excluding carboxylic acids is 1. The Balaban J connectivity index is 1.36. The van der Waals surface area contributed by atoms with Gasteiger partial charge in [-0.2, -0.15) is 0 Å². The molecule has 3 nitrogen and oxygen atoms in total. The SMILES string of the molecule is O=C(NCCCc1nc2c(s1)CCCC2)C(c1ccccc1)c1ccccc1. The van der Waals surface area contributed by atoms with E-state index < -0.39 is 0 Å². The largest absolute Gasteiger partial charge is 0.355 e. The Morgan fingerprint density at radius 2 is 1.61 bits per heavy atom. The highest BCUT2D eigenvalue weighted by atomic mass is 32.1. The van der Waals surface area contributed by atoms with Crippen molar-refractivity contribution in [2.24, 2.45) is 0 Å². The van der Waals surface area contributed by atoms with Crippen LogP contribution in [0.3, 0.4) is 0 Å². The third-order valence-corrected chi connectivity index (χ3v) is 6.50. The summed E-state index contributed by atoms with van der Waals surface area (Å²) >= 11 is 1.87. The summed E-state index contributed by atoms with van der Waals surface area (Å²) in [7, 11) is 0. The highest BCUT2D eigenvalue weighted by Crippen LogP contribution is 2.27. The number of amides is 1. The van der Waals surface area contributed by atoms with Gasteiger partial charge in [-0.3, -0.25) is 4.79 Å². The number of rotatable bonds is 7. The van der Waals surface area contributed by atoms with Crippen LogP contribution in [0.1, 0.15) is 51.9 Å². The highest BCUT2D eigenvalue weighted by molar-refractivity contribution is 7.11. The fraction of sp³-hybridized carbons (Fsp3) is 0.333. The standard InChI is InChI=1S/C24H26N2OS/c27-24(23(18-10-3-1-4-11-18)19-12-5-2-6-13-19)25-17-9-16-22-26-20-14-7-8-15-21(20)28-22/h1-6,10-13,23H,7-9,14-17H2,(H,25,27). The molecule has 1 amide bonds. The van der Waals surface area contributed by atoms with E-state index in [4.69, 9.17) is 4.98 Å². The Hall–Kier alpha value is -2.46. The molecule has 0 radical (unpaired) electrons. The molecule has 0 saturated heterocycles. The molecular formula is C24H26N2OS. The van der Waals surface area contributed by atoms with Crippen LogP contribution in [0.2, 0.25) is 0 Å². The maximum Gasteiger partial charge on any atom is 0.232 e. The number of aryl methyl sites for hydroxylation is 3. The summed E-state index contributed by atoms with van der Waals surface area (Å²) < 4.78 is 0. The molecule has 28 heavy (non-hydrogen) atoms. The normalized spacial score (nSPS) is 13.3. The zero-order valence-corrected chi connectivity index (χ0v) is 16.9. The molecule has 1 N–H and O–H groups in total. The van der Waals surface area contributed by atoms with Crippen molar-refractivity contribution in [3.8, 4) is 0 Å². The van der Waals surface area contributed by atoms with Gasteiger partial charge < -0.3 is 5.32 Å². The van der Waals surface area contributed by atoms with Gasteiger partial charge in [0, 0.05) is 17.8 Å². The number of aromatic nitrogens is 1. The molecule has 1 heterocycles. The molecule has 0 fully saturated rings. The average Bonchev–Trinajstić information content (AvgIpc) is 3.16. The summed E-state index contributed by atoms with van der Waals surface area (Å²) in [6.07, 6.45) is 6.77. The zero-order valence-electron chi connectivity index (χ0n) is 16.1. The average molecular weight is 391 g/mol. The monoisotopic (exact) mass is 390 g/mol. The Morgan fingerprint density at radius 3 is 2.25 bits per heavy atom. The van der Waals surface area contributed by atoms with Gasteiger partial charge in [0.25, 0.3) is 0 Å². The molecule has 4 heteroatoms. The number of hydrogen-bond donors (Lipinski definition) is 1. The summed E-state index contributed by atoms with van der Waals surface area (Å²) in [6.45, 7) is 0.680. The lowest BCUT2D eigenvalue weighted by atomic mass is 9.90. The minimum Gasteiger partial charge on any atom is -0.355 e. The lowest BCUT2D eigenvalue weighted by molar-refractivity contribution is -0.121. The minimum atomic E-state index is -0.269. The number of nitrogens with zero attached hydrogens (tertiary/aromatic N) is 1. The van der Waals surface area contributed by atoms with Crippen LogP contribution in [0.25, 0.3) is 0 Å². The van der Waals surface area contributed by atoms with Crippen molar-refractivity contribution in [2.45, 2.75) is 44.4 Å². The Labute approximate surface area is 170 Å². The van der Waals surface area contributed by atoms with Gasteiger partial charge in [-0.25, -0.2) is 4.98 Å². The van der Waals surface area contributed by atoms with Crippen LogP contribution in [0.4, 0.5) is 0 Å². The second-order valence-electron chi connectivity index (χ2n) is 7.33. The second-order valence-corrected chi connectivity index (χ2v) is 8.50. The van der Waals surface area contributed by atoms with Gasteiger partial charge in [0.1, 0.15) is 0 Å². The molecule has 4 rings (SSSR count). The molecule has 1 aromatic heterocycles. The molecular weight excluding hydrogens is 364 g/mol. The van der Waals surface area contributed by atoms with E-state index in [1.165, 1.54) is 34.8 Å². The van der Waals surface area contributed by atoms with Crippen LogP contribution < -0.4 is 5.32 Å². The molecule has 0 bridgehead atoms. The summed E-state index contributed by atoms with van der Waals surface area (Å²) in [5.74, 6) is -0.203. The maximum atomic E-state index is 13.0. The van der Waals surface area contributed by atoms with Crippen molar-refractivity contribution in [1.29, 1.82) is 0 Å². The number of benzene rings is 2. The predicted molar refractivity (Wildman–Crippen MR) is 115 cm³/mol. The van der Waals surface area contributed by atoms with Gasteiger partial charge in [0.2, 0.25) is 5.91 Å². The predicted octanol–water partition coefficient (Wildman–Crippen LogP) is 4.90. The van der Waals surface area contributed by atoms with Crippen LogP contribution in [0, 0.1) is 0 Å². The third-order valence-electron chi connectivity index (χ3n) is 5.28. The molecule has 0 unspecified atom stereocenters. The second kappa shape index (κ2) is 9.16. The molecule has 3 aromatic rings. The Morgan fingerprint density at radius 1 is 0.964 bits per heavy atom. The van der Waals surface area contributed by atoms with Crippen molar-refractivity contribution in [3.63, 3.8) is 0 Å². The third kappa shape index (κ3) is 4.50. The fourth-order valence-corrected chi connectivity index (χ4v) is 5.05. The van der Waals surface area contributed by atoms with Crippen LogP contribution in [0.5, 0.6) is 0 Å². The van der Waals surface area contributed by atoms with Crippen molar-refractivity contribution in [2.75, 3.05) is 6.54 Å². The van der Waals surface area contributed by atoms with Gasteiger partial charge in [-0.05, 0) is 43.2 Å². The molecule has 2 aromatic carbocycles. The van der Waals surface area contributed by atoms with E-state index in [1.807, 2.05) is 72.0 Å². The van der Waals surface area contributed by atoms with E-state index in [0.717, 1.165) is 30.4 Å². The number of hydrogen-bond acceptors (Lipinski definition) is 3. The summed E-state index contributed by atoms with van der Waals surface area (Å²) in [5, 5.41) is 4.38. The maximum absolute atomic E-state index is 13.0. The van der Waals surface area contributed by atoms with E-state index >= 15 is 0 Å². The summed E-state index contributed by atoms with van der Waals surface area (Å²) in [5.41, 5.74) is 3.38. The fourth-order valence-electron chi connectivity index (χ4n) is 3.85. The zero-order chi connectivity index (χ0) is 19.2. The molecule has 0 spiro atoms. The number of fused-ring (bicyclic) bond motifs is 1. The first-order valence-corrected chi connectivity index (χ1v) is 11.0. The van der Waals surface area contributed by atoms with Crippen molar-refractivity contribution in [3.05, 3.63) is 87.4 Å². The lowest BCUT2D eigenvalue weighted by Gasteiger charge is -2.17. The van der Waals surface area contributed by atoms with Crippen LogP contribution in [-0.4, -0.2) is 17.4 Å². The van der Waals surface area contributed by atoms with Crippen LogP contribution in [-0.2, 0) is 24.1 Å². The molecule has 144 valence electrons. The first kappa shape index (κ1) is 18.9. The van der Waals surface area contributed by atoms with E-state index in [0.29, 0.717) is 6.54 Å². The van der Waals surface area contributed by atoms with E-state index in [1.54, 1.807) is 0 Å². The molecule has 0 atom stereocenters. The molecule has 0 aliphatic heterocycles. The smallest absolute Gasteiger partial charge is 0.232 e. The Kier molecular flexibility index (Phi) is 6.17. The van der Waals surface area contributed by atoms with E-state index in [2.05, 4.69) is 5.32 Å². The lowest BCUT2D eigenvalue weighted by Crippen LogP contribution is -2.31. The van der Waals surface area contributed by atoms with Gasteiger partial charge in [-0.15, -0.1) is 11.3 Å². The van der Waals surface area contributed by atoms with Gasteiger partial charge in [-0.1, -0.05) is 60.7 Å². The van der Waals surface area contributed by atoms with Gasteiger partial charge in [0.15, 0.2) is 0 Å². The summed E-state index contributed by atoms with van der Waals surface area (Å²) in [4.78, 5) is 19.3. The van der Waals surface area contributed by atoms with Crippen LogP contribution in [0.15, 0.2) is 60.7 Å². The number of nitrogens with one attached hydrogen (secondary N) is 1. The Bertz CT molecular complexity index is 842. The van der Waals surface area contributed by atoms with E-state index in [-0.39, 0.29) is 11.8 Å². The van der Waals surface area contributed by atoms with Gasteiger partial charge in [0.05, 0.1) is 16.6 Å². The van der Waals surface area contributed by atoms with Crippen molar-refractivity contribution in [1.82, 2.24) is 10.3 Å². The van der Waals surface area contributed by atoms with Crippen molar-refractivity contribution >= 4 is 17.2 Å². The molecule has 0 saturated carbocycles. The van der Waals surface area contributed by atoms with Crippen molar-refractivity contribution < 1.29 is 4.79 Å². The van der Waals surface area contributed by atoms with E-state index in [9.17, 15) is 4.79 Å². The first-order chi connectivity index (χ1) is 13.8. The number of carbonyl (C=O) groups is 1. The summed E-state index contributed by atoms with van der Waals surface area (Å²) in [6, 6.07) is 20.0. The number of thiazole rings is 1. The highest BCUT2D eigenvalue weighted by Gasteiger charge is 2.22. The quantitative estimate of drug-likeness (QED) is 0.583. The van der Waals surface area contributed by atoms with Crippen LogP contribution >= 0.6 is 11.3 Å². The first-order valence-electron chi connectivity index (χ1n) is 10.2. The topological polar surface area (TPSA) is 42.0 Å².